The minimum absolute atomic E-state index is 0.490. The van der Waals surface area contributed by atoms with Gasteiger partial charge in [0.15, 0.2) is 0 Å². The van der Waals surface area contributed by atoms with Gasteiger partial charge < -0.3 is 10.4 Å². The number of rotatable bonds is 7. The van der Waals surface area contributed by atoms with E-state index in [1.165, 1.54) is 5.56 Å². The summed E-state index contributed by atoms with van der Waals surface area (Å²) in [6.07, 6.45) is 1.39. The molecule has 0 saturated carbocycles. The maximum Gasteiger partial charge on any atom is 0.130 e. The van der Waals surface area contributed by atoms with E-state index in [0.717, 1.165) is 29.2 Å². The zero-order chi connectivity index (χ0) is 18.4. The Labute approximate surface area is 155 Å². The molecule has 3 rings (SSSR count). The van der Waals surface area contributed by atoms with Gasteiger partial charge in [0.1, 0.15) is 5.82 Å². The van der Waals surface area contributed by atoms with Crippen LogP contribution in [-0.2, 0) is 6.54 Å². The molecule has 1 heterocycles. The molecule has 1 unspecified atom stereocenters. The Morgan fingerprint density at radius 2 is 1.73 bits per heavy atom. The van der Waals surface area contributed by atoms with Crippen LogP contribution in [0.1, 0.15) is 22.8 Å². The summed E-state index contributed by atoms with van der Waals surface area (Å²) in [6.45, 7) is 3.39. The minimum Gasteiger partial charge on any atom is -0.387 e. The molecule has 0 amide bonds. The van der Waals surface area contributed by atoms with E-state index >= 15 is 0 Å². The number of aromatic nitrogens is 1. The molecular weight excluding hydrogens is 322 g/mol. The molecular formula is C22H25N3O. The average molecular weight is 347 g/mol. The Bertz CT molecular complexity index is 818. The molecule has 0 radical (unpaired) electrons. The van der Waals surface area contributed by atoms with E-state index in [9.17, 15) is 5.11 Å². The highest BCUT2D eigenvalue weighted by Crippen LogP contribution is 2.19. The number of hydrogen-bond acceptors (Lipinski definition) is 4. The molecule has 0 aliphatic rings. The summed E-state index contributed by atoms with van der Waals surface area (Å²) in [5, 5.41) is 13.7. The van der Waals surface area contributed by atoms with Crippen molar-refractivity contribution in [3.63, 3.8) is 0 Å². The molecule has 0 spiro atoms. The summed E-state index contributed by atoms with van der Waals surface area (Å²) < 4.78 is 0. The molecule has 26 heavy (non-hydrogen) atoms. The molecule has 4 heteroatoms. The van der Waals surface area contributed by atoms with Crippen LogP contribution in [0.4, 0.5) is 11.5 Å². The second kappa shape index (κ2) is 8.61. The third-order valence-electron chi connectivity index (χ3n) is 4.35. The van der Waals surface area contributed by atoms with E-state index in [1.807, 2.05) is 67.8 Å². The van der Waals surface area contributed by atoms with Crippen molar-refractivity contribution in [3.8, 4) is 0 Å². The molecule has 2 aromatic carbocycles. The highest BCUT2D eigenvalue weighted by atomic mass is 16.3. The van der Waals surface area contributed by atoms with Gasteiger partial charge in [-0.05, 0) is 42.8 Å². The topological polar surface area (TPSA) is 48.4 Å². The molecule has 3 aromatic rings. The molecule has 2 N–H and O–H groups in total. The van der Waals surface area contributed by atoms with Crippen LogP contribution in [0.15, 0.2) is 72.9 Å². The standard InChI is InChI=1S/C22H25N3O/c1-17-8-6-7-11-20(17)24-22-13-12-18(14-23-22)15-25(2)16-21(26)19-9-4-3-5-10-19/h3-14,21,26H,15-16H2,1-2H3,(H,23,24). The minimum atomic E-state index is -0.490. The lowest BCUT2D eigenvalue weighted by Crippen LogP contribution is -2.24. The second-order valence-electron chi connectivity index (χ2n) is 6.61. The van der Waals surface area contributed by atoms with Crippen LogP contribution < -0.4 is 5.32 Å². The van der Waals surface area contributed by atoms with Crippen LogP contribution in [0.5, 0.6) is 0 Å². The van der Waals surface area contributed by atoms with Crippen LogP contribution in [0.25, 0.3) is 0 Å². The predicted octanol–water partition coefficient (Wildman–Crippen LogP) is 4.30. The van der Waals surface area contributed by atoms with Gasteiger partial charge in [0, 0.05) is 25.0 Å². The van der Waals surface area contributed by atoms with Crippen molar-refractivity contribution in [2.75, 3.05) is 18.9 Å². The number of nitrogens with zero attached hydrogens (tertiary/aromatic N) is 2. The van der Waals surface area contributed by atoms with Gasteiger partial charge in [0.05, 0.1) is 6.10 Å². The van der Waals surface area contributed by atoms with Crippen molar-refractivity contribution in [3.05, 3.63) is 89.6 Å². The average Bonchev–Trinajstić information content (AvgIpc) is 2.66. The summed E-state index contributed by atoms with van der Waals surface area (Å²) in [7, 11) is 2.01. The quantitative estimate of drug-likeness (QED) is 0.669. The van der Waals surface area contributed by atoms with Crippen LogP contribution in [0, 0.1) is 6.92 Å². The molecule has 4 nitrogen and oxygen atoms in total. The van der Waals surface area contributed by atoms with E-state index in [-0.39, 0.29) is 0 Å². The van der Waals surface area contributed by atoms with Crippen molar-refractivity contribution in [2.24, 2.45) is 0 Å². The number of likely N-dealkylation sites (N-methyl/N-ethyl adjacent to an activating group) is 1. The van der Waals surface area contributed by atoms with E-state index in [4.69, 9.17) is 0 Å². The summed E-state index contributed by atoms with van der Waals surface area (Å²) in [4.78, 5) is 6.61. The molecule has 134 valence electrons. The molecule has 0 saturated heterocycles. The number of aryl methyl sites for hydroxylation is 1. The molecule has 1 atom stereocenters. The van der Waals surface area contributed by atoms with Crippen molar-refractivity contribution in [1.29, 1.82) is 0 Å². The fraction of sp³-hybridized carbons (Fsp3) is 0.227. The number of pyridine rings is 1. The largest absolute Gasteiger partial charge is 0.387 e. The van der Waals surface area contributed by atoms with Gasteiger partial charge in [0.25, 0.3) is 0 Å². The van der Waals surface area contributed by atoms with Gasteiger partial charge in [0.2, 0.25) is 0 Å². The SMILES string of the molecule is Cc1ccccc1Nc1ccc(CN(C)CC(O)c2ccccc2)cn1. The van der Waals surface area contributed by atoms with Crippen molar-refractivity contribution in [1.82, 2.24) is 9.88 Å². The van der Waals surface area contributed by atoms with Crippen LogP contribution >= 0.6 is 0 Å². The fourth-order valence-electron chi connectivity index (χ4n) is 2.90. The third kappa shape index (κ3) is 4.91. The lowest BCUT2D eigenvalue weighted by atomic mass is 10.1. The molecule has 0 aliphatic heterocycles. The Balaban J connectivity index is 1.56. The fourth-order valence-corrected chi connectivity index (χ4v) is 2.90. The molecule has 0 aliphatic carbocycles. The maximum absolute atomic E-state index is 10.3. The van der Waals surface area contributed by atoms with Gasteiger partial charge in [-0.3, -0.25) is 4.90 Å². The number of aliphatic hydroxyl groups excluding tert-OH is 1. The number of anilines is 2. The van der Waals surface area contributed by atoms with Crippen molar-refractivity contribution < 1.29 is 5.11 Å². The van der Waals surface area contributed by atoms with Gasteiger partial charge in [-0.2, -0.15) is 0 Å². The van der Waals surface area contributed by atoms with Crippen LogP contribution in [-0.4, -0.2) is 28.6 Å². The van der Waals surface area contributed by atoms with E-state index in [0.29, 0.717) is 6.54 Å². The first-order chi connectivity index (χ1) is 12.6. The van der Waals surface area contributed by atoms with Gasteiger partial charge >= 0.3 is 0 Å². The summed E-state index contributed by atoms with van der Waals surface area (Å²) in [6, 6.07) is 22.0. The third-order valence-corrected chi connectivity index (χ3v) is 4.35. The van der Waals surface area contributed by atoms with Crippen LogP contribution in [0.3, 0.4) is 0 Å². The number of hydrogen-bond donors (Lipinski definition) is 2. The second-order valence-corrected chi connectivity index (χ2v) is 6.61. The zero-order valence-corrected chi connectivity index (χ0v) is 15.3. The first-order valence-corrected chi connectivity index (χ1v) is 8.81. The van der Waals surface area contributed by atoms with E-state index < -0.39 is 6.10 Å². The highest BCUT2D eigenvalue weighted by molar-refractivity contribution is 5.59. The summed E-state index contributed by atoms with van der Waals surface area (Å²) in [5.74, 6) is 0.829. The van der Waals surface area contributed by atoms with E-state index in [1.54, 1.807) is 0 Å². The first kappa shape index (κ1) is 18.1. The monoisotopic (exact) mass is 347 g/mol. The predicted molar refractivity (Wildman–Crippen MR) is 106 cm³/mol. The van der Waals surface area contributed by atoms with Crippen LogP contribution in [0.2, 0.25) is 0 Å². The lowest BCUT2D eigenvalue weighted by Gasteiger charge is -2.21. The first-order valence-electron chi connectivity index (χ1n) is 8.81. The molecule has 0 bridgehead atoms. The van der Waals surface area contributed by atoms with Crippen molar-refractivity contribution in [2.45, 2.75) is 19.6 Å². The highest BCUT2D eigenvalue weighted by Gasteiger charge is 2.11. The molecule has 0 fully saturated rings. The van der Waals surface area contributed by atoms with E-state index in [2.05, 4.69) is 34.3 Å². The lowest BCUT2D eigenvalue weighted by molar-refractivity contribution is 0.124. The molecule has 1 aromatic heterocycles. The Kier molecular flexibility index (Phi) is 6.00. The van der Waals surface area contributed by atoms with Gasteiger partial charge in [-0.1, -0.05) is 54.6 Å². The Morgan fingerprint density at radius 1 is 1.00 bits per heavy atom. The maximum atomic E-state index is 10.3. The number of benzene rings is 2. The zero-order valence-electron chi connectivity index (χ0n) is 15.3. The Hall–Kier alpha value is -2.69. The van der Waals surface area contributed by atoms with Crippen molar-refractivity contribution >= 4 is 11.5 Å². The van der Waals surface area contributed by atoms with Gasteiger partial charge in [-0.15, -0.1) is 0 Å². The number of nitrogens with one attached hydrogen (secondary N) is 1. The summed E-state index contributed by atoms with van der Waals surface area (Å²) >= 11 is 0. The smallest absolute Gasteiger partial charge is 0.130 e. The number of aliphatic hydroxyl groups is 1. The normalized spacial score (nSPS) is 12.2. The number of para-hydroxylation sites is 1. The van der Waals surface area contributed by atoms with Gasteiger partial charge in [-0.25, -0.2) is 4.98 Å². The Morgan fingerprint density at radius 3 is 2.42 bits per heavy atom. The summed E-state index contributed by atoms with van der Waals surface area (Å²) in [5.41, 5.74) is 4.31.